The Kier molecular flexibility index (Phi) is 5.77. The molecule has 0 aromatic carbocycles. The Labute approximate surface area is 180 Å². The molecule has 32 heavy (non-hydrogen) atoms. The normalized spacial score (nSPS) is 10.8. The second-order valence-electron chi connectivity index (χ2n) is 6.47. The Morgan fingerprint density at radius 1 is 1.28 bits per heavy atom. The number of anilines is 3. The first-order valence-corrected chi connectivity index (χ1v) is 9.61. The number of carbonyl (C=O) groups excluding carboxylic acids is 1. The molecule has 0 aliphatic carbocycles. The highest BCUT2D eigenvalue weighted by molar-refractivity contribution is 5.99. The van der Waals surface area contributed by atoms with Crippen molar-refractivity contribution in [3.63, 3.8) is 0 Å². The van der Waals surface area contributed by atoms with Crippen LogP contribution in [0.4, 0.5) is 21.7 Å². The van der Waals surface area contributed by atoms with Gasteiger partial charge < -0.3 is 10.6 Å². The molecule has 0 fully saturated rings. The molecule has 4 aromatic rings. The molecule has 0 saturated carbocycles. The van der Waals surface area contributed by atoms with E-state index in [1.54, 1.807) is 26.1 Å². The molecule has 0 bridgehead atoms. The number of carbonyl (C=O) groups is 1. The smallest absolute Gasteiger partial charge is 0.280 e. The van der Waals surface area contributed by atoms with E-state index in [1.165, 1.54) is 41.3 Å². The van der Waals surface area contributed by atoms with Gasteiger partial charge in [-0.05, 0) is 31.2 Å². The summed E-state index contributed by atoms with van der Waals surface area (Å²) >= 11 is 0. The molecule has 4 heterocycles. The number of hydrogen-bond acceptors (Lipinski definition) is 8. The van der Waals surface area contributed by atoms with Crippen molar-refractivity contribution in [1.29, 1.82) is 0 Å². The van der Waals surface area contributed by atoms with Gasteiger partial charge in [-0.25, -0.2) is 19.8 Å². The number of pyridine rings is 2. The molecule has 11 nitrogen and oxygen atoms in total. The number of halogens is 1. The SMILES string of the molecule is CCONC(=O)c1cnn2c(NC)cc(Nc3cccn(-c4ncccc4F)c3=O)nc12. The Balaban J connectivity index is 1.75. The maximum Gasteiger partial charge on any atom is 0.280 e. The second kappa shape index (κ2) is 8.81. The van der Waals surface area contributed by atoms with Crippen molar-refractivity contribution in [3.8, 4) is 5.82 Å². The van der Waals surface area contributed by atoms with E-state index in [4.69, 9.17) is 4.84 Å². The standard InChI is InChI=1S/C20H19FN8O3/c1-3-32-27-19(30)12-11-24-29-16(22-2)10-15(26-17(12)29)25-14-7-5-9-28(20(14)31)18-13(21)6-4-8-23-18/h4-11,22H,3H2,1-2H3,(H,25,26)(H,27,30). The van der Waals surface area contributed by atoms with Gasteiger partial charge in [0.2, 0.25) is 0 Å². The van der Waals surface area contributed by atoms with Crippen LogP contribution in [-0.2, 0) is 4.84 Å². The highest BCUT2D eigenvalue weighted by atomic mass is 19.1. The van der Waals surface area contributed by atoms with E-state index in [1.807, 2.05) is 0 Å². The third kappa shape index (κ3) is 3.86. The Bertz CT molecular complexity index is 1350. The van der Waals surface area contributed by atoms with E-state index in [2.05, 4.69) is 31.2 Å². The average Bonchev–Trinajstić information content (AvgIpc) is 3.23. The Morgan fingerprint density at radius 3 is 2.88 bits per heavy atom. The molecule has 4 rings (SSSR count). The molecule has 0 atom stereocenters. The van der Waals surface area contributed by atoms with E-state index < -0.39 is 17.3 Å². The van der Waals surface area contributed by atoms with Crippen LogP contribution in [0.2, 0.25) is 0 Å². The van der Waals surface area contributed by atoms with Gasteiger partial charge in [0, 0.05) is 25.5 Å². The lowest BCUT2D eigenvalue weighted by Crippen LogP contribution is -2.24. The van der Waals surface area contributed by atoms with Crippen LogP contribution >= 0.6 is 0 Å². The van der Waals surface area contributed by atoms with Crippen LogP contribution in [0.25, 0.3) is 11.5 Å². The van der Waals surface area contributed by atoms with Crippen LogP contribution in [0.15, 0.2) is 53.7 Å². The van der Waals surface area contributed by atoms with Gasteiger partial charge in [0.25, 0.3) is 11.5 Å². The summed E-state index contributed by atoms with van der Waals surface area (Å²) in [6, 6.07) is 7.38. The number of rotatable bonds is 7. The van der Waals surface area contributed by atoms with E-state index in [0.717, 1.165) is 4.57 Å². The Hall–Kier alpha value is -4.32. The number of aromatic nitrogens is 5. The molecule has 12 heteroatoms. The molecule has 3 N–H and O–H groups in total. The average molecular weight is 438 g/mol. The summed E-state index contributed by atoms with van der Waals surface area (Å²) in [5.74, 6) is -0.482. The van der Waals surface area contributed by atoms with Gasteiger partial charge in [-0.3, -0.25) is 19.0 Å². The van der Waals surface area contributed by atoms with Crippen molar-refractivity contribution in [2.45, 2.75) is 6.92 Å². The first kappa shape index (κ1) is 20.9. The van der Waals surface area contributed by atoms with Crippen LogP contribution < -0.4 is 21.7 Å². The van der Waals surface area contributed by atoms with Gasteiger partial charge in [-0.15, -0.1) is 0 Å². The van der Waals surface area contributed by atoms with E-state index in [0.29, 0.717) is 12.4 Å². The molecule has 164 valence electrons. The van der Waals surface area contributed by atoms with Crippen molar-refractivity contribution >= 4 is 28.9 Å². The zero-order chi connectivity index (χ0) is 22.7. The van der Waals surface area contributed by atoms with Crippen LogP contribution in [0, 0.1) is 5.82 Å². The van der Waals surface area contributed by atoms with Gasteiger partial charge >= 0.3 is 0 Å². The van der Waals surface area contributed by atoms with Crippen molar-refractivity contribution in [2.24, 2.45) is 0 Å². The minimum absolute atomic E-state index is 0.119. The molecule has 0 radical (unpaired) electrons. The molecule has 0 aliphatic rings. The molecular formula is C20H19FN8O3. The van der Waals surface area contributed by atoms with Crippen LogP contribution in [0.1, 0.15) is 17.3 Å². The summed E-state index contributed by atoms with van der Waals surface area (Å²) in [5, 5.41) is 10.1. The highest BCUT2D eigenvalue weighted by Crippen LogP contribution is 2.21. The van der Waals surface area contributed by atoms with Crippen molar-refractivity contribution in [3.05, 3.63) is 70.7 Å². The second-order valence-corrected chi connectivity index (χ2v) is 6.47. The summed E-state index contributed by atoms with van der Waals surface area (Å²) in [7, 11) is 1.68. The number of hydroxylamine groups is 1. The number of fused-ring (bicyclic) bond motifs is 1. The van der Waals surface area contributed by atoms with Gasteiger partial charge in [0.05, 0.1) is 12.8 Å². The zero-order valence-corrected chi connectivity index (χ0v) is 17.2. The van der Waals surface area contributed by atoms with Gasteiger partial charge in [-0.1, -0.05) is 0 Å². The maximum atomic E-state index is 14.1. The summed E-state index contributed by atoms with van der Waals surface area (Å²) in [4.78, 5) is 38.6. The first-order valence-electron chi connectivity index (χ1n) is 9.61. The van der Waals surface area contributed by atoms with E-state index in [9.17, 15) is 14.0 Å². The predicted molar refractivity (Wildman–Crippen MR) is 115 cm³/mol. The minimum atomic E-state index is -0.632. The molecular weight excluding hydrogens is 419 g/mol. The van der Waals surface area contributed by atoms with Crippen LogP contribution in [0.3, 0.4) is 0 Å². The summed E-state index contributed by atoms with van der Waals surface area (Å²) in [6.45, 7) is 2.03. The van der Waals surface area contributed by atoms with Gasteiger partial charge in [0.15, 0.2) is 17.3 Å². The van der Waals surface area contributed by atoms with E-state index in [-0.39, 0.29) is 28.5 Å². The predicted octanol–water partition coefficient (Wildman–Crippen LogP) is 1.88. The lowest BCUT2D eigenvalue weighted by Gasteiger charge is -2.11. The molecule has 1 amide bonds. The largest absolute Gasteiger partial charge is 0.373 e. The summed E-state index contributed by atoms with van der Waals surface area (Å²) < 4.78 is 16.7. The van der Waals surface area contributed by atoms with Crippen LogP contribution in [0.5, 0.6) is 0 Å². The number of nitrogens with zero attached hydrogens (tertiary/aromatic N) is 5. The fourth-order valence-electron chi connectivity index (χ4n) is 3.01. The fraction of sp³-hybridized carbons (Fsp3) is 0.150. The maximum absolute atomic E-state index is 14.1. The highest BCUT2D eigenvalue weighted by Gasteiger charge is 2.18. The number of hydrogen-bond donors (Lipinski definition) is 3. The van der Waals surface area contributed by atoms with Crippen molar-refractivity contribution in [1.82, 2.24) is 29.6 Å². The quantitative estimate of drug-likeness (QED) is 0.373. The lowest BCUT2D eigenvalue weighted by molar-refractivity contribution is 0.0366. The number of nitrogens with one attached hydrogen (secondary N) is 3. The van der Waals surface area contributed by atoms with Gasteiger partial charge in [0.1, 0.15) is 22.9 Å². The number of amides is 1. The summed E-state index contributed by atoms with van der Waals surface area (Å²) in [6.07, 6.45) is 4.18. The molecule has 0 saturated heterocycles. The van der Waals surface area contributed by atoms with Gasteiger partial charge in [-0.2, -0.15) is 9.61 Å². The van der Waals surface area contributed by atoms with Crippen molar-refractivity contribution in [2.75, 3.05) is 24.3 Å². The minimum Gasteiger partial charge on any atom is -0.373 e. The topological polar surface area (TPSA) is 127 Å². The molecule has 0 aliphatic heterocycles. The molecule has 4 aromatic heterocycles. The van der Waals surface area contributed by atoms with Crippen LogP contribution in [-0.4, -0.2) is 43.7 Å². The third-order valence-electron chi connectivity index (χ3n) is 4.46. The third-order valence-corrected chi connectivity index (χ3v) is 4.46. The Morgan fingerprint density at radius 2 is 2.12 bits per heavy atom. The van der Waals surface area contributed by atoms with E-state index >= 15 is 0 Å². The summed E-state index contributed by atoms with van der Waals surface area (Å²) in [5.41, 5.74) is 2.33. The molecule has 0 spiro atoms. The lowest BCUT2D eigenvalue weighted by atomic mass is 10.3. The van der Waals surface area contributed by atoms with Crippen molar-refractivity contribution < 1.29 is 14.0 Å². The monoisotopic (exact) mass is 438 g/mol. The zero-order valence-electron chi connectivity index (χ0n) is 17.2. The first-order chi connectivity index (χ1) is 15.5. The molecule has 0 unspecified atom stereocenters. The fourth-order valence-corrected chi connectivity index (χ4v) is 3.01.